The van der Waals surface area contributed by atoms with Crippen molar-refractivity contribution in [2.24, 2.45) is 0 Å². The lowest BCUT2D eigenvalue weighted by Gasteiger charge is -2.12. The van der Waals surface area contributed by atoms with Gasteiger partial charge in [0.25, 0.3) is 11.5 Å². The lowest BCUT2D eigenvalue weighted by atomic mass is 10.1. The van der Waals surface area contributed by atoms with Gasteiger partial charge in [-0.15, -0.1) is 0 Å². The molecule has 3 aromatic rings. The number of hydrogen-bond donors (Lipinski definition) is 2. The van der Waals surface area contributed by atoms with Crippen LogP contribution in [0, 0.1) is 0 Å². The highest BCUT2D eigenvalue weighted by Gasteiger charge is 2.31. The van der Waals surface area contributed by atoms with Gasteiger partial charge in [-0.3, -0.25) is 14.9 Å². The van der Waals surface area contributed by atoms with Crippen LogP contribution in [-0.4, -0.2) is 16.5 Å². The number of benzene rings is 2. The number of hydrogen-bond acceptors (Lipinski definition) is 3. The monoisotopic (exact) mass is 483 g/mol. The lowest BCUT2D eigenvalue weighted by Crippen LogP contribution is -2.34. The summed E-state index contributed by atoms with van der Waals surface area (Å²) in [5, 5.41) is 5.11. The molecular weight excluding hydrogens is 470 g/mol. The molecule has 32 heavy (non-hydrogen) atoms. The lowest BCUT2D eigenvalue weighted by molar-refractivity contribution is -0.138. The Labute approximate surface area is 189 Å². The fraction of sp³-hybridized carbons (Fsp3) is 0.0952. The van der Waals surface area contributed by atoms with Crippen LogP contribution in [-0.2, 0) is 12.7 Å². The number of urea groups is 1. The van der Waals surface area contributed by atoms with Crippen LogP contribution in [0.2, 0.25) is 10.0 Å². The second kappa shape index (κ2) is 9.46. The summed E-state index contributed by atoms with van der Waals surface area (Å²) in [5.41, 5.74) is -0.871. The summed E-state index contributed by atoms with van der Waals surface area (Å²) < 4.78 is 39.6. The molecule has 0 aliphatic carbocycles. The highest BCUT2D eigenvalue weighted by molar-refractivity contribution is 6.35. The van der Waals surface area contributed by atoms with Crippen molar-refractivity contribution in [2.45, 2.75) is 12.7 Å². The van der Waals surface area contributed by atoms with E-state index in [4.69, 9.17) is 23.2 Å². The number of carbonyl (C=O) groups excluding carboxylic acids is 2. The molecule has 0 spiro atoms. The number of carbonyl (C=O) groups is 2. The summed E-state index contributed by atoms with van der Waals surface area (Å²) >= 11 is 11.7. The summed E-state index contributed by atoms with van der Waals surface area (Å²) in [6.07, 6.45) is -3.89. The van der Waals surface area contributed by atoms with Crippen LogP contribution in [0.1, 0.15) is 21.5 Å². The molecule has 3 amide bonds. The van der Waals surface area contributed by atoms with E-state index in [1.165, 1.54) is 42.5 Å². The van der Waals surface area contributed by atoms with E-state index in [2.05, 4.69) is 10.6 Å². The Morgan fingerprint density at radius 2 is 1.66 bits per heavy atom. The molecule has 0 unspecified atom stereocenters. The number of aromatic nitrogens is 1. The summed E-state index contributed by atoms with van der Waals surface area (Å²) in [7, 11) is 0. The summed E-state index contributed by atoms with van der Waals surface area (Å²) in [6, 6.07) is 10.8. The third kappa shape index (κ3) is 6.12. The Kier molecular flexibility index (Phi) is 6.90. The first-order valence-corrected chi connectivity index (χ1v) is 9.72. The number of nitrogens with one attached hydrogen (secondary N) is 2. The van der Waals surface area contributed by atoms with E-state index in [9.17, 15) is 27.6 Å². The molecule has 0 bridgehead atoms. The molecule has 3 rings (SSSR count). The van der Waals surface area contributed by atoms with Gasteiger partial charge in [-0.1, -0.05) is 35.3 Å². The van der Waals surface area contributed by atoms with Gasteiger partial charge in [-0.25, -0.2) is 4.79 Å². The van der Waals surface area contributed by atoms with Crippen LogP contribution >= 0.6 is 23.2 Å². The van der Waals surface area contributed by atoms with Gasteiger partial charge in [0, 0.05) is 33.6 Å². The van der Waals surface area contributed by atoms with Crippen molar-refractivity contribution in [3.8, 4) is 0 Å². The average molecular weight is 484 g/mol. The van der Waals surface area contributed by atoms with Crippen molar-refractivity contribution in [1.29, 1.82) is 0 Å². The van der Waals surface area contributed by atoms with Crippen molar-refractivity contribution >= 4 is 40.8 Å². The van der Waals surface area contributed by atoms with Gasteiger partial charge in [0.05, 0.1) is 12.1 Å². The average Bonchev–Trinajstić information content (AvgIpc) is 2.68. The second-order valence-corrected chi connectivity index (χ2v) is 7.52. The predicted octanol–water partition coefficient (Wildman–Crippen LogP) is 5.18. The number of rotatable bonds is 4. The van der Waals surface area contributed by atoms with Gasteiger partial charge in [0.2, 0.25) is 0 Å². The fourth-order valence-corrected chi connectivity index (χ4v) is 3.32. The molecule has 1 aromatic heterocycles. The number of imide groups is 1. The normalized spacial score (nSPS) is 11.2. The van der Waals surface area contributed by atoms with Gasteiger partial charge >= 0.3 is 12.2 Å². The van der Waals surface area contributed by atoms with Gasteiger partial charge in [0.1, 0.15) is 0 Å². The van der Waals surface area contributed by atoms with Crippen molar-refractivity contribution in [3.05, 3.63) is 97.9 Å². The van der Waals surface area contributed by atoms with E-state index in [0.29, 0.717) is 17.8 Å². The fourth-order valence-electron chi connectivity index (χ4n) is 2.79. The molecule has 0 saturated heterocycles. The first kappa shape index (κ1) is 23.4. The minimum atomic E-state index is -4.60. The Morgan fingerprint density at radius 1 is 0.969 bits per heavy atom. The molecule has 2 aromatic carbocycles. The largest absolute Gasteiger partial charge is 0.417 e. The number of nitrogens with zero attached hydrogens (tertiary/aromatic N) is 1. The molecule has 1 heterocycles. The van der Waals surface area contributed by atoms with E-state index in [-0.39, 0.29) is 27.8 Å². The van der Waals surface area contributed by atoms with Gasteiger partial charge in [0.15, 0.2) is 0 Å². The van der Waals surface area contributed by atoms with E-state index in [0.717, 1.165) is 10.6 Å². The minimum absolute atomic E-state index is 0.0711. The van der Waals surface area contributed by atoms with Crippen LogP contribution in [0.25, 0.3) is 0 Å². The highest BCUT2D eigenvalue weighted by atomic mass is 35.5. The molecule has 6 nitrogen and oxygen atoms in total. The maximum atomic E-state index is 12.9. The number of anilines is 1. The molecule has 166 valence electrons. The number of halogens is 5. The van der Waals surface area contributed by atoms with Gasteiger partial charge in [-0.2, -0.15) is 13.2 Å². The van der Waals surface area contributed by atoms with Crippen molar-refractivity contribution in [2.75, 3.05) is 5.32 Å². The molecule has 0 aliphatic heterocycles. The van der Waals surface area contributed by atoms with Gasteiger partial charge in [-0.05, 0) is 42.0 Å². The first-order chi connectivity index (χ1) is 15.0. The Bertz CT molecular complexity index is 1220. The van der Waals surface area contributed by atoms with Crippen LogP contribution in [0.4, 0.5) is 23.7 Å². The summed E-state index contributed by atoms with van der Waals surface area (Å²) in [5.74, 6) is -0.756. The van der Waals surface area contributed by atoms with Crippen molar-refractivity contribution < 1.29 is 22.8 Å². The standard InChI is InChI=1S/C21H14Cl2F3N3O3/c22-15-7-16(23)9-17(8-15)27-20(32)28-19(31)13-3-1-2-12(6-13)10-29-11-14(21(24,25)26)4-5-18(29)30/h1-9,11H,10H2,(H2,27,28,31,32). The number of alkyl halides is 3. The molecule has 2 N–H and O–H groups in total. The summed E-state index contributed by atoms with van der Waals surface area (Å²) in [6.45, 7) is -0.197. The molecule has 0 saturated carbocycles. The molecule has 0 fully saturated rings. The maximum Gasteiger partial charge on any atom is 0.417 e. The molecule has 0 radical (unpaired) electrons. The van der Waals surface area contributed by atoms with Crippen LogP contribution in [0.15, 0.2) is 65.6 Å². The molecular formula is C21H14Cl2F3N3O3. The smallest absolute Gasteiger partial charge is 0.311 e. The topological polar surface area (TPSA) is 80.2 Å². The first-order valence-electron chi connectivity index (χ1n) is 8.96. The summed E-state index contributed by atoms with van der Waals surface area (Å²) in [4.78, 5) is 36.4. The molecule has 0 atom stereocenters. The Morgan fingerprint density at radius 3 is 2.31 bits per heavy atom. The maximum absolute atomic E-state index is 12.9. The van der Waals surface area contributed by atoms with E-state index < -0.39 is 29.2 Å². The third-order valence-electron chi connectivity index (χ3n) is 4.20. The minimum Gasteiger partial charge on any atom is -0.311 e. The predicted molar refractivity (Wildman–Crippen MR) is 114 cm³/mol. The number of pyridine rings is 1. The van der Waals surface area contributed by atoms with E-state index in [1.807, 2.05) is 0 Å². The van der Waals surface area contributed by atoms with Crippen LogP contribution < -0.4 is 16.2 Å². The van der Waals surface area contributed by atoms with Crippen LogP contribution in [0.5, 0.6) is 0 Å². The molecule has 11 heteroatoms. The SMILES string of the molecule is O=C(NC(=O)c1cccc(Cn2cc(C(F)(F)F)ccc2=O)c1)Nc1cc(Cl)cc(Cl)c1. The Balaban J connectivity index is 1.72. The zero-order chi connectivity index (χ0) is 23.5. The van der Waals surface area contributed by atoms with Gasteiger partial charge < -0.3 is 9.88 Å². The zero-order valence-corrected chi connectivity index (χ0v) is 17.6. The molecule has 0 aliphatic rings. The third-order valence-corrected chi connectivity index (χ3v) is 4.64. The van der Waals surface area contributed by atoms with Crippen LogP contribution in [0.3, 0.4) is 0 Å². The van der Waals surface area contributed by atoms with Crippen molar-refractivity contribution in [1.82, 2.24) is 9.88 Å². The highest BCUT2D eigenvalue weighted by Crippen LogP contribution is 2.28. The zero-order valence-electron chi connectivity index (χ0n) is 16.0. The van der Waals surface area contributed by atoms with Crippen molar-refractivity contribution in [3.63, 3.8) is 0 Å². The second-order valence-electron chi connectivity index (χ2n) is 6.65. The van der Waals surface area contributed by atoms with E-state index >= 15 is 0 Å². The number of amides is 3. The van der Waals surface area contributed by atoms with E-state index in [1.54, 1.807) is 0 Å². The quantitative estimate of drug-likeness (QED) is 0.536. The Hall–Kier alpha value is -3.30.